The molecule has 1 amide bonds. The highest BCUT2D eigenvalue weighted by atomic mass is 16.2. The minimum Gasteiger partial charge on any atom is -0.312 e. The largest absolute Gasteiger partial charge is 0.312 e. The summed E-state index contributed by atoms with van der Waals surface area (Å²) in [5.74, 6) is 0.141. The SMILES string of the molecule is CC.CC(=O)N1CCc2cc(C)ccc21. The summed E-state index contributed by atoms with van der Waals surface area (Å²) >= 11 is 0. The lowest BCUT2D eigenvalue weighted by Gasteiger charge is -2.14. The van der Waals surface area contributed by atoms with Crippen LogP contribution >= 0.6 is 0 Å². The number of nitrogens with zero attached hydrogens (tertiary/aromatic N) is 1. The van der Waals surface area contributed by atoms with Crippen molar-refractivity contribution in [1.29, 1.82) is 0 Å². The molecule has 0 saturated carbocycles. The quantitative estimate of drug-likeness (QED) is 0.637. The molecule has 0 unspecified atom stereocenters. The van der Waals surface area contributed by atoms with Gasteiger partial charge in [0, 0.05) is 19.2 Å². The van der Waals surface area contributed by atoms with Crippen molar-refractivity contribution in [1.82, 2.24) is 0 Å². The van der Waals surface area contributed by atoms with Crippen molar-refractivity contribution < 1.29 is 4.79 Å². The fourth-order valence-electron chi connectivity index (χ4n) is 1.86. The molecule has 15 heavy (non-hydrogen) atoms. The molecule has 0 radical (unpaired) electrons. The van der Waals surface area contributed by atoms with E-state index in [1.807, 2.05) is 24.8 Å². The molecule has 1 heterocycles. The van der Waals surface area contributed by atoms with Crippen molar-refractivity contribution in [2.24, 2.45) is 0 Å². The number of anilines is 1. The summed E-state index contributed by atoms with van der Waals surface area (Å²) in [5.41, 5.74) is 3.66. The first-order valence-corrected chi connectivity index (χ1v) is 5.56. The first-order valence-electron chi connectivity index (χ1n) is 5.56. The normalized spacial score (nSPS) is 12.9. The first kappa shape index (κ1) is 11.8. The zero-order valence-corrected chi connectivity index (χ0v) is 10.0. The number of carbonyl (C=O) groups excluding carboxylic acids is 1. The topological polar surface area (TPSA) is 20.3 Å². The van der Waals surface area contributed by atoms with E-state index in [4.69, 9.17) is 0 Å². The molecule has 2 nitrogen and oxygen atoms in total. The highest BCUT2D eigenvalue weighted by Crippen LogP contribution is 2.28. The zero-order chi connectivity index (χ0) is 11.4. The maximum Gasteiger partial charge on any atom is 0.223 e. The number of amides is 1. The van der Waals surface area contributed by atoms with Gasteiger partial charge in [-0.15, -0.1) is 0 Å². The van der Waals surface area contributed by atoms with E-state index in [0.717, 1.165) is 18.7 Å². The van der Waals surface area contributed by atoms with Crippen LogP contribution in [0.15, 0.2) is 18.2 Å². The van der Waals surface area contributed by atoms with Crippen LogP contribution in [0.2, 0.25) is 0 Å². The lowest BCUT2D eigenvalue weighted by atomic mass is 10.1. The van der Waals surface area contributed by atoms with E-state index in [0.29, 0.717) is 0 Å². The van der Waals surface area contributed by atoms with Crippen molar-refractivity contribution >= 4 is 11.6 Å². The average Bonchev–Trinajstić information content (AvgIpc) is 2.63. The summed E-state index contributed by atoms with van der Waals surface area (Å²) in [5, 5.41) is 0. The highest BCUT2D eigenvalue weighted by Gasteiger charge is 2.21. The number of aryl methyl sites for hydroxylation is 1. The first-order chi connectivity index (χ1) is 7.18. The van der Waals surface area contributed by atoms with Crippen molar-refractivity contribution in [2.45, 2.75) is 34.1 Å². The number of benzene rings is 1. The van der Waals surface area contributed by atoms with Crippen molar-refractivity contribution in [3.8, 4) is 0 Å². The Morgan fingerprint density at radius 3 is 2.60 bits per heavy atom. The summed E-state index contributed by atoms with van der Waals surface area (Å²) < 4.78 is 0. The number of fused-ring (bicyclic) bond motifs is 1. The van der Waals surface area contributed by atoms with E-state index < -0.39 is 0 Å². The summed E-state index contributed by atoms with van der Waals surface area (Å²) in [7, 11) is 0. The van der Waals surface area contributed by atoms with Gasteiger partial charge in [0.1, 0.15) is 0 Å². The second-order valence-corrected chi connectivity index (χ2v) is 3.55. The second-order valence-electron chi connectivity index (χ2n) is 3.55. The predicted molar refractivity (Wildman–Crippen MR) is 64.3 cm³/mol. The molecule has 0 spiro atoms. The summed E-state index contributed by atoms with van der Waals surface area (Å²) in [4.78, 5) is 13.1. The van der Waals surface area contributed by atoms with Gasteiger partial charge in [-0.25, -0.2) is 0 Å². The molecule has 1 aliphatic rings. The number of hydrogen-bond acceptors (Lipinski definition) is 1. The molecule has 1 aromatic rings. The van der Waals surface area contributed by atoms with Gasteiger partial charge in [-0.1, -0.05) is 31.5 Å². The molecule has 0 aliphatic carbocycles. The minimum absolute atomic E-state index is 0.141. The lowest BCUT2D eigenvalue weighted by Crippen LogP contribution is -2.25. The molecule has 0 aromatic heterocycles. The van der Waals surface area contributed by atoms with E-state index >= 15 is 0 Å². The number of rotatable bonds is 0. The van der Waals surface area contributed by atoms with Crippen LogP contribution in [-0.2, 0) is 11.2 Å². The third-order valence-electron chi connectivity index (χ3n) is 2.51. The molecule has 1 aromatic carbocycles. The van der Waals surface area contributed by atoms with Crippen molar-refractivity contribution in [2.75, 3.05) is 11.4 Å². The molecule has 1 aliphatic heterocycles. The standard InChI is InChI=1S/C11H13NO.C2H6/c1-8-3-4-11-10(7-8)5-6-12(11)9(2)13;1-2/h3-4,7H,5-6H2,1-2H3;1-2H3. The van der Waals surface area contributed by atoms with E-state index in [-0.39, 0.29) is 5.91 Å². The Labute approximate surface area is 91.9 Å². The third kappa shape index (κ3) is 2.38. The molecule has 82 valence electrons. The highest BCUT2D eigenvalue weighted by molar-refractivity contribution is 5.93. The Kier molecular flexibility index (Phi) is 3.89. The fraction of sp³-hybridized carbons (Fsp3) is 0.462. The summed E-state index contributed by atoms with van der Waals surface area (Å²) in [6.45, 7) is 8.54. The number of hydrogen-bond donors (Lipinski definition) is 0. The monoisotopic (exact) mass is 205 g/mol. The maximum atomic E-state index is 11.2. The minimum atomic E-state index is 0.141. The van der Waals surface area contributed by atoms with Gasteiger partial charge in [0.2, 0.25) is 5.91 Å². The fourth-order valence-corrected chi connectivity index (χ4v) is 1.86. The Hall–Kier alpha value is -1.31. The second kappa shape index (κ2) is 4.96. The van der Waals surface area contributed by atoms with Gasteiger partial charge in [0.25, 0.3) is 0 Å². The molecule has 0 N–H and O–H groups in total. The van der Waals surface area contributed by atoms with Crippen LogP contribution in [0.4, 0.5) is 5.69 Å². The van der Waals surface area contributed by atoms with Gasteiger partial charge < -0.3 is 4.90 Å². The molecule has 0 saturated heterocycles. The van der Waals surface area contributed by atoms with E-state index in [1.54, 1.807) is 6.92 Å². The van der Waals surface area contributed by atoms with Crippen molar-refractivity contribution in [3.63, 3.8) is 0 Å². The van der Waals surface area contributed by atoms with Gasteiger partial charge in [0.15, 0.2) is 0 Å². The summed E-state index contributed by atoms with van der Waals surface area (Å²) in [6, 6.07) is 6.26. The van der Waals surface area contributed by atoms with Crippen molar-refractivity contribution in [3.05, 3.63) is 29.3 Å². The van der Waals surface area contributed by atoms with Gasteiger partial charge in [-0.05, 0) is 25.0 Å². The van der Waals surface area contributed by atoms with Crippen LogP contribution < -0.4 is 4.90 Å². The Morgan fingerprint density at radius 2 is 2.00 bits per heavy atom. The van der Waals surface area contributed by atoms with E-state index in [9.17, 15) is 4.79 Å². The molecular formula is C13H19NO. The Bertz CT molecular complexity index is 358. The molecule has 0 atom stereocenters. The maximum absolute atomic E-state index is 11.2. The zero-order valence-electron chi connectivity index (χ0n) is 10.0. The van der Waals surface area contributed by atoms with Crippen LogP contribution in [0.25, 0.3) is 0 Å². The Morgan fingerprint density at radius 1 is 1.33 bits per heavy atom. The van der Waals surface area contributed by atoms with Crippen LogP contribution in [0, 0.1) is 6.92 Å². The van der Waals surface area contributed by atoms with Gasteiger partial charge in [-0.2, -0.15) is 0 Å². The summed E-state index contributed by atoms with van der Waals surface area (Å²) in [6.07, 6.45) is 0.997. The van der Waals surface area contributed by atoms with Crippen LogP contribution in [0.1, 0.15) is 31.9 Å². The van der Waals surface area contributed by atoms with E-state index in [1.165, 1.54) is 11.1 Å². The molecule has 2 heteroatoms. The smallest absolute Gasteiger partial charge is 0.223 e. The number of carbonyl (C=O) groups is 1. The average molecular weight is 205 g/mol. The lowest BCUT2D eigenvalue weighted by molar-refractivity contribution is -0.116. The third-order valence-corrected chi connectivity index (χ3v) is 2.51. The van der Waals surface area contributed by atoms with Gasteiger partial charge in [0.05, 0.1) is 0 Å². The Balaban J connectivity index is 0.000000531. The predicted octanol–water partition coefficient (Wildman–Crippen LogP) is 2.93. The van der Waals surface area contributed by atoms with E-state index in [2.05, 4.69) is 19.1 Å². The van der Waals surface area contributed by atoms with Gasteiger partial charge in [-0.3, -0.25) is 4.79 Å². The molecule has 0 bridgehead atoms. The molecule has 0 fully saturated rings. The van der Waals surface area contributed by atoms with Crippen LogP contribution in [0.5, 0.6) is 0 Å². The van der Waals surface area contributed by atoms with Gasteiger partial charge >= 0.3 is 0 Å². The van der Waals surface area contributed by atoms with Crippen LogP contribution in [0.3, 0.4) is 0 Å². The van der Waals surface area contributed by atoms with Crippen LogP contribution in [-0.4, -0.2) is 12.5 Å². The molecule has 2 rings (SSSR count). The molecular weight excluding hydrogens is 186 g/mol.